The van der Waals surface area contributed by atoms with Crippen LogP contribution in [-0.4, -0.2) is 39.1 Å². The van der Waals surface area contributed by atoms with Crippen molar-refractivity contribution in [2.45, 2.75) is 18.6 Å². The fraction of sp³-hybridized carbons (Fsp3) is 0.200. The van der Waals surface area contributed by atoms with E-state index < -0.39 is 23.8 Å². The third kappa shape index (κ3) is 2.30. The molecule has 0 unspecified atom stereocenters. The lowest BCUT2D eigenvalue weighted by atomic mass is 9.91. The molecule has 3 rings (SSSR count). The van der Waals surface area contributed by atoms with Crippen molar-refractivity contribution < 1.29 is 29.6 Å². The number of phenolic OH excluding ortho intramolecular Hbond substituents is 2. The van der Waals surface area contributed by atoms with Crippen molar-refractivity contribution in [2.75, 3.05) is 0 Å². The van der Waals surface area contributed by atoms with Crippen molar-refractivity contribution in [3.05, 3.63) is 41.5 Å². The molecular formula is C15H12O6. The van der Waals surface area contributed by atoms with Gasteiger partial charge in [0.2, 0.25) is 11.6 Å². The zero-order valence-electron chi connectivity index (χ0n) is 10.8. The lowest BCUT2D eigenvalue weighted by Gasteiger charge is -2.32. The van der Waals surface area contributed by atoms with Gasteiger partial charge in [0.05, 0.1) is 6.10 Å². The summed E-state index contributed by atoms with van der Waals surface area (Å²) < 4.78 is 5.58. The van der Waals surface area contributed by atoms with Crippen LogP contribution in [-0.2, 0) is 16.0 Å². The fourth-order valence-electron chi connectivity index (χ4n) is 2.45. The Kier molecular flexibility index (Phi) is 3.03. The normalized spacial score (nSPS) is 24.3. The van der Waals surface area contributed by atoms with Gasteiger partial charge in [0.25, 0.3) is 0 Å². The Balaban J connectivity index is 1.96. The average molecular weight is 288 g/mol. The van der Waals surface area contributed by atoms with Crippen LogP contribution in [0.15, 0.2) is 35.9 Å². The van der Waals surface area contributed by atoms with Gasteiger partial charge in [-0.1, -0.05) is 6.08 Å². The number of benzene rings is 1. The van der Waals surface area contributed by atoms with Gasteiger partial charge < -0.3 is 20.1 Å². The number of hydrogen-bond donors (Lipinski definition) is 3. The lowest BCUT2D eigenvalue weighted by Crippen LogP contribution is -2.39. The summed E-state index contributed by atoms with van der Waals surface area (Å²) in [7, 11) is 0. The Labute approximate surface area is 119 Å². The van der Waals surface area contributed by atoms with Gasteiger partial charge in [-0.05, 0) is 17.7 Å². The van der Waals surface area contributed by atoms with Crippen molar-refractivity contribution in [3.63, 3.8) is 0 Å². The standard InChI is InChI=1S/C15H12O6/c16-8-4-11(18)9-6-13(20)15(21-14(9)5-8)7-1-2-10(17)12(19)3-7/h1-5,13,15-16,18,20H,6H2/t13-,15-/m1/s1. The molecule has 0 spiro atoms. The van der Waals surface area contributed by atoms with Crippen molar-refractivity contribution in [2.24, 2.45) is 0 Å². The van der Waals surface area contributed by atoms with Gasteiger partial charge in [0.15, 0.2) is 0 Å². The highest BCUT2D eigenvalue weighted by Gasteiger charge is 2.34. The number of aliphatic hydroxyl groups excluding tert-OH is 1. The summed E-state index contributed by atoms with van der Waals surface area (Å²) >= 11 is 0. The molecule has 1 aliphatic carbocycles. The van der Waals surface area contributed by atoms with Crippen LogP contribution in [0.2, 0.25) is 0 Å². The summed E-state index contributed by atoms with van der Waals surface area (Å²) in [5, 5.41) is 29.4. The van der Waals surface area contributed by atoms with E-state index >= 15 is 0 Å². The number of aliphatic hydroxyl groups is 1. The van der Waals surface area contributed by atoms with Crippen LogP contribution < -0.4 is 4.74 Å². The third-order valence-electron chi connectivity index (χ3n) is 3.48. The fourth-order valence-corrected chi connectivity index (χ4v) is 2.45. The predicted molar refractivity (Wildman–Crippen MR) is 71.1 cm³/mol. The molecule has 1 aromatic carbocycles. The van der Waals surface area contributed by atoms with Gasteiger partial charge in [-0.3, -0.25) is 9.59 Å². The summed E-state index contributed by atoms with van der Waals surface area (Å²) in [6.07, 6.45) is 1.97. The number of ether oxygens (including phenoxy) is 1. The van der Waals surface area contributed by atoms with E-state index in [1.54, 1.807) is 0 Å². The maximum absolute atomic E-state index is 11.4. The number of carbonyl (C=O) groups excluding carboxylic acids is 2. The molecule has 1 aromatic rings. The molecule has 108 valence electrons. The van der Waals surface area contributed by atoms with E-state index in [1.165, 1.54) is 12.1 Å². The SMILES string of the molecule is O=C1C=CC([C@H]2Oc3cc(O)cc(O)c3C[C@H]2O)=CC1=O. The maximum Gasteiger partial charge on any atom is 0.226 e. The van der Waals surface area contributed by atoms with Crippen LogP contribution in [0.3, 0.4) is 0 Å². The first-order valence-corrected chi connectivity index (χ1v) is 6.33. The monoisotopic (exact) mass is 288 g/mol. The Morgan fingerprint density at radius 2 is 1.86 bits per heavy atom. The van der Waals surface area contributed by atoms with E-state index in [1.807, 2.05) is 0 Å². The molecule has 6 heteroatoms. The van der Waals surface area contributed by atoms with E-state index in [-0.39, 0.29) is 23.7 Å². The number of fused-ring (bicyclic) bond motifs is 1. The quantitative estimate of drug-likeness (QED) is 0.510. The molecule has 2 atom stereocenters. The topological polar surface area (TPSA) is 104 Å². The molecule has 0 saturated carbocycles. The van der Waals surface area contributed by atoms with E-state index in [4.69, 9.17) is 4.74 Å². The summed E-state index contributed by atoms with van der Waals surface area (Å²) in [6, 6.07) is 2.49. The summed E-state index contributed by atoms with van der Waals surface area (Å²) in [5.74, 6) is -1.39. The molecule has 0 fully saturated rings. The third-order valence-corrected chi connectivity index (χ3v) is 3.48. The molecule has 2 aliphatic rings. The van der Waals surface area contributed by atoms with Crippen LogP contribution >= 0.6 is 0 Å². The van der Waals surface area contributed by atoms with Crippen LogP contribution in [0.1, 0.15) is 5.56 Å². The Hall–Kier alpha value is -2.60. The number of ketones is 2. The van der Waals surface area contributed by atoms with Crippen LogP contribution in [0.25, 0.3) is 0 Å². The number of phenols is 2. The van der Waals surface area contributed by atoms with E-state index in [0.29, 0.717) is 11.1 Å². The Morgan fingerprint density at radius 1 is 1.10 bits per heavy atom. The first-order valence-electron chi connectivity index (χ1n) is 6.33. The molecule has 6 nitrogen and oxygen atoms in total. The first kappa shape index (κ1) is 13.4. The first-order chi connectivity index (χ1) is 9.95. The van der Waals surface area contributed by atoms with Gasteiger partial charge in [0.1, 0.15) is 23.4 Å². The minimum atomic E-state index is -0.982. The number of hydrogen-bond acceptors (Lipinski definition) is 6. The lowest BCUT2D eigenvalue weighted by molar-refractivity contribution is -0.131. The molecule has 21 heavy (non-hydrogen) atoms. The molecule has 0 saturated heterocycles. The van der Waals surface area contributed by atoms with Crippen molar-refractivity contribution >= 4 is 11.6 Å². The summed E-state index contributed by atoms with van der Waals surface area (Å²) in [4.78, 5) is 22.6. The summed E-state index contributed by atoms with van der Waals surface area (Å²) in [5.41, 5.74) is 0.764. The molecule has 0 amide bonds. The molecule has 1 heterocycles. The molecule has 3 N–H and O–H groups in total. The largest absolute Gasteiger partial charge is 0.508 e. The van der Waals surface area contributed by atoms with Crippen molar-refractivity contribution in [1.29, 1.82) is 0 Å². The van der Waals surface area contributed by atoms with E-state index in [0.717, 1.165) is 18.2 Å². The molecule has 0 aromatic heterocycles. The Bertz CT molecular complexity index is 700. The van der Waals surface area contributed by atoms with Gasteiger partial charge >= 0.3 is 0 Å². The highest BCUT2D eigenvalue weighted by atomic mass is 16.5. The molecule has 1 aliphatic heterocycles. The van der Waals surface area contributed by atoms with Crippen LogP contribution in [0, 0.1) is 0 Å². The van der Waals surface area contributed by atoms with E-state index in [2.05, 4.69) is 0 Å². The predicted octanol–water partition coefficient (Wildman–Crippen LogP) is 0.397. The minimum absolute atomic E-state index is 0.111. The number of carbonyl (C=O) groups is 2. The number of allylic oxidation sites excluding steroid dienone is 2. The highest BCUT2D eigenvalue weighted by Crippen LogP contribution is 2.39. The molecule has 0 bridgehead atoms. The van der Waals surface area contributed by atoms with E-state index in [9.17, 15) is 24.9 Å². The summed E-state index contributed by atoms with van der Waals surface area (Å²) in [6.45, 7) is 0. The number of aromatic hydroxyl groups is 2. The second kappa shape index (κ2) is 4.75. The second-order valence-corrected chi connectivity index (χ2v) is 4.96. The van der Waals surface area contributed by atoms with Gasteiger partial charge in [-0.2, -0.15) is 0 Å². The molecular weight excluding hydrogens is 276 g/mol. The zero-order valence-corrected chi connectivity index (χ0v) is 10.8. The van der Waals surface area contributed by atoms with Crippen LogP contribution in [0.4, 0.5) is 0 Å². The smallest absolute Gasteiger partial charge is 0.226 e. The second-order valence-electron chi connectivity index (χ2n) is 4.96. The van der Waals surface area contributed by atoms with Crippen LogP contribution in [0.5, 0.6) is 17.2 Å². The highest BCUT2D eigenvalue weighted by molar-refractivity contribution is 6.46. The molecule has 0 radical (unpaired) electrons. The maximum atomic E-state index is 11.4. The minimum Gasteiger partial charge on any atom is -0.508 e. The van der Waals surface area contributed by atoms with Gasteiger partial charge in [-0.15, -0.1) is 0 Å². The zero-order chi connectivity index (χ0) is 15.1. The Morgan fingerprint density at radius 3 is 2.57 bits per heavy atom. The average Bonchev–Trinajstić information content (AvgIpc) is 2.42. The van der Waals surface area contributed by atoms with Gasteiger partial charge in [-0.25, -0.2) is 0 Å². The van der Waals surface area contributed by atoms with Crippen molar-refractivity contribution in [3.8, 4) is 17.2 Å². The van der Waals surface area contributed by atoms with Crippen molar-refractivity contribution in [1.82, 2.24) is 0 Å². The number of rotatable bonds is 1. The van der Waals surface area contributed by atoms with Gasteiger partial charge in [0, 0.05) is 24.1 Å².